The van der Waals surface area contributed by atoms with Gasteiger partial charge in [0, 0.05) is 18.7 Å². The predicted molar refractivity (Wildman–Crippen MR) is 70.3 cm³/mol. The van der Waals surface area contributed by atoms with E-state index in [9.17, 15) is 0 Å². The molecule has 86 valence electrons. The summed E-state index contributed by atoms with van der Waals surface area (Å²) in [7, 11) is 0. The van der Waals surface area contributed by atoms with Crippen LogP contribution in [0.3, 0.4) is 0 Å². The summed E-state index contributed by atoms with van der Waals surface area (Å²) in [5, 5.41) is 12.2. The van der Waals surface area contributed by atoms with Crippen LogP contribution in [0.5, 0.6) is 0 Å². The Morgan fingerprint density at radius 2 is 1.82 bits per heavy atom. The van der Waals surface area contributed by atoms with E-state index in [-0.39, 0.29) is 6.61 Å². The Labute approximate surface area is 101 Å². The molecule has 0 radical (unpaired) electrons. The second kappa shape index (κ2) is 4.22. The lowest BCUT2D eigenvalue weighted by molar-refractivity contribution is 0.311. The maximum atomic E-state index is 8.89. The Morgan fingerprint density at radius 1 is 1.00 bits per heavy atom. The van der Waals surface area contributed by atoms with Crippen molar-refractivity contribution >= 4 is 5.69 Å². The molecule has 2 heteroatoms. The summed E-state index contributed by atoms with van der Waals surface area (Å²) in [6, 6.07) is 14.9. The fourth-order valence-electron chi connectivity index (χ4n) is 2.51. The zero-order valence-electron chi connectivity index (χ0n) is 9.61. The van der Waals surface area contributed by atoms with Crippen molar-refractivity contribution in [1.82, 2.24) is 0 Å². The second-order valence-corrected chi connectivity index (χ2v) is 4.32. The molecular formula is C15H15NO. The van der Waals surface area contributed by atoms with Gasteiger partial charge in [0.05, 0.1) is 6.61 Å². The predicted octanol–water partition coefficient (Wildman–Crippen LogP) is 2.66. The number of hydrogen-bond acceptors (Lipinski definition) is 2. The molecular weight excluding hydrogens is 210 g/mol. The van der Waals surface area contributed by atoms with Crippen LogP contribution in [0.25, 0.3) is 11.1 Å². The molecule has 0 saturated heterocycles. The van der Waals surface area contributed by atoms with Crippen LogP contribution in [-0.2, 0) is 6.42 Å². The Kier molecular flexibility index (Phi) is 2.57. The highest BCUT2D eigenvalue weighted by Crippen LogP contribution is 2.39. The molecule has 0 heterocycles. The highest BCUT2D eigenvalue weighted by Gasteiger charge is 2.19. The van der Waals surface area contributed by atoms with Crippen molar-refractivity contribution < 1.29 is 5.11 Å². The van der Waals surface area contributed by atoms with E-state index in [0.29, 0.717) is 6.54 Å². The van der Waals surface area contributed by atoms with E-state index in [4.69, 9.17) is 5.11 Å². The summed E-state index contributed by atoms with van der Waals surface area (Å²) in [5.74, 6) is 0. The lowest BCUT2D eigenvalue weighted by Gasteiger charge is -2.10. The van der Waals surface area contributed by atoms with Gasteiger partial charge in [-0.15, -0.1) is 0 Å². The van der Waals surface area contributed by atoms with Gasteiger partial charge < -0.3 is 10.4 Å². The van der Waals surface area contributed by atoms with Crippen molar-refractivity contribution in [3.05, 3.63) is 53.6 Å². The molecule has 2 nitrogen and oxygen atoms in total. The minimum Gasteiger partial charge on any atom is -0.395 e. The third-order valence-corrected chi connectivity index (χ3v) is 3.28. The number of nitrogens with one attached hydrogen (secondary N) is 1. The molecule has 0 saturated carbocycles. The Bertz CT molecular complexity index is 548. The second-order valence-electron chi connectivity index (χ2n) is 4.32. The number of rotatable bonds is 3. The van der Waals surface area contributed by atoms with Crippen LogP contribution in [0.4, 0.5) is 5.69 Å². The van der Waals surface area contributed by atoms with Crippen LogP contribution in [0.1, 0.15) is 11.1 Å². The average Bonchev–Trinajstić information content (AvgIpc) is 2.75. The first-order valence-corrected chi connectivity index (χ1v) is 5.95. The molecule has 0 amide bonds. The van der Waals surface area contributed by atoms with Gasteiger partial charge in [-0.1, -0.05) is 36.4 Å². The van der Waals surface area contributed by atoms with E-state index < -0.39 is 0 Å². The van der Waals surface area contributed by atoms with Crippen LogP contribution in [-0.4, -0.2) is 18.3 Å². The van der Waals surface area contributed by atoms with Gasteiger partial charge in [-0.25, -0.2) is 0 Å². The molecule has 0 atom stereocenters. The van der Waals surface area contributed by atoms with Crippen LogP contribution < -0.4 is 5.32 Å². The van der Waals surface area contributed by atoms with Crippen LogP contribution in [0.15, 0.2) is 42.5 Å². The molecule has 0 spiro atoms. The molecule has 2 aromatic carbocycles. The molecule has 0 unspecified atom stereocenters. The van der Waals surface area contributed by atoms with Gasteiger partial charge in [0.25, 0.3) is 0 Å². The molecule has 1 aliphatic carbocycles. The van der Waals surface area contributed by atoms with Gasteiger partial charge in [0.1, 0.15) is 0 Å². The van der Waals surface area contributed by atoms with E-state index in [2.05, 4.69) is 47.8 Å². The van der Waals surface area contributed by atoms with Crippen molar-refractivity contribution in [1.29, 1.82) is 0 Å². The van der Waals surface area contributed by atoms with Gasteiger partial charge in [-0.2, -0.15) is 0 Å². The fraction of sp³-hybridized carbons (Fsp3) is 0.200. The average molecular weight is 225 g/mol. The van der Waals surface area contributed by atoms with Gasteiger partial charge in [-0.3, -0.25) is 0 Å². The van der Waals surface area contributed by atoms with Crippen molar-refractivity contribution in [3.63, 3.8) is 0 Å². The van der Waals surface area contributed by atoms with E-state index in [1.165, 1.54) is 22.3 Å². The van der Waals surface area contributed by atoms with Gasteiger partial charge in [0.2, 0.25) is 0 Å². The lowest BCUT2D eigenvalue weighted by Crippen LogP contribution is -2.07. The normalized spacial score (nSPS) is 12.1. The standard InChI is InChI=1S/C15H15NO/c17-9-8-16-15-7-3-6-13-12-5-2-1-4-11(12)10-14(13)15/h1-7,16-17H,8-10H2. The maximum absolute atomic E-state index is 8.89. The topological polar surface area (TPSA) is 32.3 Å². The molecule has 0 aliphatic heterocycles. The van der Waals surface area contributed by atoms with Crippen LogP contribution in [0, 0.1) is 0 Å². The van der Waals surface area contributed by atoms with Crippen LogP contribution in [0.2, 0.25) is 0 Å². The summed E-state index contributed by atoms with van der Waals surface area (Å²) in [5.41, 5.74) is 6.55. The zero-order chi connectivity index (χ0) is 11.7. The summed E-state index contributed by atoms with van der Waals surface area (Å²) >= 11 is 0. The molecule has 2 aromatic rings. The first kappa shape index (κ1) is 10.4. The van der Waals surface area contributed by atoms with E-state index in [1.54, 1.807) is 0 Å². The number of aliphatic hydroxyl groups excluding tert-OH is 1. The van der Waals surface area contributed by atoms with Crippen molar-refractivity contribution in [2.75, 3.05) is 18.5 Å². The van der Waals surface area contributed by atoms with Gasteiger partial charge >= 0.3 is 0 Å². The number of benzene rings is 2. The lowest BCUT2D eigenvalue weighted by atomic mass is 10.1. The first-order valence-electron chi connectivity index (χ1n) is 5.95. The Hall–Kier alpha value is -1.80. The molecule has 0 aromatic heterocycles. The molecule has 0 fully saturated rings. The molecule has 1 aliphatic rings. The minimum atomic E-state index is 0.163. The molecule has 3 rings (SSSR count). The summed E-state index contributed by atoms with van der Waals surface area (Å²) in [6.07, 6.45) is 0.986. The highest BCUT2D eigenvalue weighted by molar-refractivity contribution is 5.81. The molecule has 17 heavy (non-hydrogen) atoms. The number of hydrogen-bond donors (Lipinski definition) is 2. The maximum Gasteiger partial charge on any atom is 0.0604 e. The van der Waals surface area contributed by atoms with E-state index >= 15 is 0 Å². The first-order chi connectivity index (χ1) is 8.40. The largest absolute Gasteiger partial charge is 0.395 e. The van der Waals surface area contributed by atoms with Gasteiger partial charge in [0.15, 0.2) is 0 Å². The number of fused-ring (bicyclic) bond motifs is 3. The van der Waals surface area contributed by atoms with Crippen molar-refractivity contribution in [3.8, 4) is 11.1 Å². The summed E-state index contributed by atoms with van der Waals surface area (Å²) in [4.78, 5) is 0. The smallest absolute Gasteiger partial charge is 0.0604 e. The number of anilines is 1. The number of aliphatic hydroxyl groups is 1. The summed E-state index contributed by atoms with van der Waals surface area (Å²) < 4.78 is 0. The van der Waals surface area contributed by atoms with E-state index in [0.717, 1.165) is 12.1 Å². The SMILES string of the molecule is OCCNc1cccc2c1Cc1ccccc1-2. The van der Waals surface area contributed by atoms with E-state index in [1.807, 2.05) is 0 Å². The van der Waals surface area contributed by atoms with Crippen LogP contribution >= 0.6 is 0 Å². The third-order valence-electron chi connectivity index (χ3n) is 3.28. The molecule has 0 bridgehead atoms. The molecule has 2 N–H and O–H groups in total. The fourth-order valence-corrected chi connectivity index (χ4v) is 2.51. The van der Waals surface area contributed by atoms with Crippen molar-refractivity contribution in [2.45, 2.75) is 6.42 Å². The quantitative estimate of drug-likeness (QED) is 0.718. The minimum absolute atomic E-state index is 0.163. The third kappa shape index (κ3) is 1.71. The highest BCUT2D eigenvalue weighted by atomic mass is 16.3. The van der Waals surface area contributed by atoms with Crippen molar-refractivity contribution in [2.24, 2.45) is 0 Å². The Morgan fingerprint density at radius 3 is 2.71 bits per heavy atom. The Balaban J connectivity index is 2.05. The zero-order valence-corrected chi connectivity index (χ0v) is 9.61. The monoisotopic (exact) mass is 225 g/mol. The summed E-state index contributed by atoms with van der Waals surface area (Å²) in [6.45, 7) is 0.767. The van der Waals surface area contributed by atoms with Gasteiger partial charge in [-0.05, 0) is 28.3 Å².